The molecule has 0 spiro atoms. The summed E-state index contributed by atoms with van der Waals surface area (Å²) in [5, 5.41) is 9.38. The Hall–Kier alpha value is -0.210. The van der Waals surface area contributed by atoms with E-state index in [1.54, 1.807) is 7.05 Å². The number of likely N-dealkylation sites (N-methyl/N-ethyl adjacent to an activating group) is 1. The Morgan fingerprint density at radius 1 is 1.25 bits per heavy atom. The predicted molar refractivity (Wildman–Crippen MR) is 76.6 cm³/mol. The molecular weight excluding hydrogens is 280 g/mol. The summed E-state index contributed by atoms with van der Waals surface area (Å²) < 4.78 is 33.7. The van der Waals surface area contributed by atoms with Crippen molar-refractivity contribution in [3.05, 3.63) is 0 Å². The minimum Gasteiger partial charge on any atom is -0.395 e. The second kappa shape index (κ2) is 7.17. The predicted octanol–water partition coefficient (Wildman–Crippen LogP) is 0.579. The van der Waals surface area contributed by atoms with Gasteiger partial charge in [0.1, 0.15) is 0 Å². The molecule has 0 amide bonds. The maximum absolute atomic E-state index is 12.6. The summed E-state index contributed by atoms with van der Waals surface area (Å²) >= 11 is 0. The van der Waals surface area contributed by atoms with Gasteiger partial charge in [0.05, 0.1) is 12.7 Å². The molecule has 6 nitrogen and oxygen atoms in total. The van der Waals surface area contributed by atoms with Gasteiger partial charge >= 0.3 is 0 Å². The van der Waals surface area contributed by atoms with Crippen LogP contribution in [0.4, 0.5) is 0 Å². The maximum atomic E-state index is 12.6. The fraction of sp³-hybridized carbons (Fsp3) is 1.00. The zero-order chi connectivity index (χ0) is 14.6. The molecule has 0 saturated carbocycles. The number of aliphatic hydroxyl groups excluding tert-OH is 1. The first-order valence-electron chi connectivity index (χ1n) is 7.51. The molecule has 2 aliphatic rings. The summed E-state index contributed by atoms with van der Waals surface area (Å²) in [7, 11) is -1.89. The van der Waals surface area contributed by atoms with Crippen LogP contribution in [0.3, 0.4) is 0 Å². The van der Waals surface area contributed by atoms with Crippen LogP contribution in [0.15, 0.2) is 0 Å². The number of hydrogen-bond acceptors (Lipinski definition) is 4. The van der Waals surface area contributed by atoms with E-state index in [0.717, 1.165) is 45.1 Å². The number of nitrogens with zero attached hydrogens (tertiary/aromatic N) is 2. The molecule has 1 N–H and O–H groups in total. The zero-order valence-electron chi connectivity index (χ0n) is 12.2. The Morgan fingerprint density at radius 3 is 2.65 bits per heavy atom. The van der Waals surface area contributed by atoms with Crippen LogP contribution in [0.2, 0.25) is 0 Å². The van der Waals surface area contributed by atoms with Crippen molar-refractivity contribution in [2.24, 2.45) is 0 Å². The summed E-state index contributed by atoms with van der Waals surface area (Å²) in [6.07, 6.45) is 5.66. The van der Waals surface area contributed by atoms with Crippen molar-refractivity contribution in [3.8, 4) is 0 Å². The molecule has 2 heterocycles. The van der Waals surface area contributed by atoms with Gasteiger partial charge in [0.15, 0.2) is 0 Å². The van der Waals surface area contributed by atoms with Crippen LogP contribution in [-0.2, 0) is 14.9 Å². The van der Waals surface area contributed by atoms with Crippen LogP contribution >= 0.6 is 0 Å². The van der Waals surface area contributed by atoms with Crippen molar-refractivity contribution >= 4 is 10.2 Å². The second-order valence-electron chi connectivity index (χ2n) is 5.72. The molecular formula is C13H26N2O4S. The third kappa shape index (κ3) is 3.71. The fourth-order valence-electron chi connectivity index (χ4n) is 2.97. The molecule has 2 atom stereocenters. The lowest BCUT2D eigenvalue weighted by Crippen LogP contribution is -2.52. The number of hydrogen-bond donors (Lipinski definition) is 1. The van der Waals surface area contributed by atoms with Crippen LogP contribution < -0.4 is 0 Å². The van der Waals surface area contributed by atoms with Gasteiger partial charge in [0.25, 0.3) is 10.2 Å². The molecule has 20 heavy (non-hydrogen) atoms. The standard InChI is InChI=1S/C13H26N2O4S/c1-14(10-13-7-3-5-9-19-13)20(17,18)15-8-4-2-6-12(15)11-16/h12-13,16H,2-11H2,1H3. The molecule has 7 heteroatoms. The maximum Gasteiger partial charge on any atom is 0.282 e. The molecule has 0 aromatic carbocycles. The van der Waals surface area contributed by atoms with Crippen LogP contribution in [0.5, 0.6) is 0 Å². The van der Waals surface area contributed by atoms with E-state index in [2.05, 4.69) is 0 Å². The molecule has 2 saturated heterocycles. The van der Waals surface area contributed by atoms with Gasteiger partial charge in [-0.1, -0.05) is 6.42 Å². The summed E-state index contributed by atoms with van der Waals surface area (Å²) in [4.78, 5) is 0. The Morgan fingerprint density at radius 2 is 2.00 bits per heavy atom. The van der Waals surface area contributed by atoms with Gasteiger partial charge in [-0.2, -0.15) is 17.0 Å². The van der Waals surface area contributed by atoms with Crippen LogP contribution in [-0.4, -0.2) is 67.6 Å². The molecule has 0 aromatic heterocycles. The van der Waals surface area contributed by atoms with E-state index in [1.165, 1.54) is 8.61 Å². The lowest BCUT2D eigenvalue weighted by atomic mass is 10.1. The fourth-order valence-corrected chi connectivity index (χ4v) is 4.59. The number of piperidine rings is 1. The highest BCUT2D eigenvalue weighted by molar-refractivity contribution is 7.86. The molecule has 0 aromatic rings. The second-order valence-corrected chi connectivity index (χ2v) is 7.71. The van der Waals surface area contributed by atoms with Gasteiger partial charge < -0.3 is 9.84 Å². The molecule has 118 valence electrons. The monoisotopic (exact) mass is 306 g/mol. The van der Waals surface area contributed by atoms with Crippen LogP contribution in [0, 0.1) is 0 Å². The van der Waals surface area contributed by atoms with E-state index in [1.807, 2.05) is 0 Å². The molecule has 0 radical (unpaired) electrons. The molecule has 2 aliphatic heterocycles. The summed E-state index contributed by atoms with van der Waals surface area (Å²) in [6.45, 7) is 1.52. The molecule has 2 unspecified atom stereocenters. The van der Waals surface area contributed by atoms with Crippen LogP contribution in [0.1, 0.15) is 38.5 Å². The van der Waals surface area contributed by atoms with Crippen molar-refractivity contribution in [1.29, 1.82) is 0 Å². The highest BCUT2D eigenvalue weighted by Gasteiger charge is 2.35. The Bertz CT molecular complexity index is 395. The first-order valence-corrected chi connectivity index (χ1v) is 8.91. The van der Waals surface area contributed by atoms with E-state index in [0.29, 0.717) is 13.1 Å². The largest absolute Gasteiger partial charge is 0.395 e. The average molecular weight is 306 g/mol. The van der Waals surface area contributed by atoms with E-state index in [-0.39, 0.29) is 18.8 Å². The van der Waals surface area contributed by atoms with Crippen LogP contribution in [0.25, 0.3) is 0 Å². The Kier molecular flexibility index (Phi) is 5.80. The van der Waals surface area contributed by atoms with E-state index < -0.39 is 10.2 Å². The van der Waals surface area contributed by atoms with Crippen molar-refractivity contribution in [2.45, 2.75) is 50.7 Å². The highest BCUT2D eigenvalue weighted by Crippen LogP contribution is 2.23. The van der Waals surface area contributed by atoms with Crippen molar-refractivity contribution in [2.75, 3.05) is 33.4 Å². The van der Waals surface area contributed by atoms with E-state index >= 15 is 0 Å². The van der Waals surface area contributed by atoms with Gasteiger partial charge in [-0.05, 0) is 32.1 Å². The average Bonchev–Trinajstić information content (AvgIpc) is 2.48. The van der Waals surface area contributed by atoms with Gasteiger partial charge in [0.2, 0.25) is 0 Å². The lowest BCUT2D eigenvalue weighted by Gasteiger charge is -2.37. The topological polar surface area (TPSA) is 70.1 Å². The summed E-state index contributed by atoms with van der Waals surface area (Å²) in [5.41, 5.74) is 0. The zero-order valence-corrected chi connectivity index (χ0v) is 13.0. The smallest absolute Gasteiger partial charge is 0.282 e. The van der Waals surface area contributed by atoms with E-state index in [4.69, 9.17) is 4.74 Å². The summed E-state index contributed by atoms with van der Waals surface area (Å²) in [5.74, 6) is 0. The minimum atomic E-state index is -3.50. The first-order chi connectivity index (χ1) is 9.55. The van der Waals surface area contributed by atoms with Crippen molar-refractivity contribution in [1.82, 2.24) is 8.61 Å². The quantitative estimate of drug-likeness (QED) is 0.806. The SMILES string of the molecule is CN(CC1CCCCO1)S(=O)(=O)N1CCCCC1CO. The highest BCUT2D eigenvalue weighted by atomic mass is 32.2. The number of ether oxygens (including phenoxy) is 1. The van der Waals surface area contributed by atoms with Gasteiger partial charge in [0, 0.05) is 32.8 Å². The number of aliphatic hydroxyl groups is 1. The third-order valence-electron chi connectivity index (χ3n) is 4.21. The Labute approximate surface area is 121 Å². The minimum absolute atomic E-state index is 0.000826. The Balaban J connectivity index is 1.99. The first kappa shape index (κ1) is 16.2. The van der Waals surface area contributed by atoms with Crippen molar-refractivity contribution < 1.29 is 18.3 Å². The van der Waals surface area contributed by atoms with Gasteiger partial charge in [-0.15, -0.1) is 0 Å². The molecule has 0 bridgehead atoms. The third-order valence-corrected chi connectivity index (χ3v) is 6.22. The van der Waals surface area contributed by atoms with Crippen molar-refractivity contribution in [3.63, 3.8) is 0 Å². The van der Waals surface area contributed by atoms with E-state index in [9.17, 15) is 13.5 Å². The summed E-state index contributed by atoms with van der Waals surface area (Å²) in [6, 6.07) is -0.275. The lowest BCUT2D eigenvalue weighted by molar-refractivity contribution is 0.00746. The van der Waals surface area contributed by atoms with Gasteiger partial charge in [-0.3, -0.25) is 0 Å². The molecule has 0 aliphatic carbocycles. The molecule has 2 rings (SSSR count). The van der Waals surface area contributed by atoms with Gasteiger partial charge in [-0.25, -0.2) is 0 Å². The molecule has 2 fully saturated rings. The number of rotatable bonds is 5. The normalized spacial score (nSPS) is 29.8.